The number of hydrogen-bond donors (Lipinski definition) is 0. The number of halogens is 1. The molecular formula is C20H22BrNO8S. The SMILES string of the molecule is CCOC(=O)[C@@H](C)N1C(=O)S/C(=C/c2cc(OCC)c(OCC(=O)OC)cc2Br)C1=O. The third kappa shape index (κ3) is 6.01. The summed E-state index contributed by atoms with van der Waals surface area (Å²) in [7, 11) is 1.25. The smallest absolute Gasteiger partial charge is 0.343 e. The van der Waals surface area contributed by atoms with Crippen LogP contribution in [-0.2, 0) is 23.9 Å². The Labute approximate surface area is 192 Å². The molecule has 0 bridgehead atoms. The zero-order chi connectivity index (χ0) is 23.1. The highest BCUT2D eigenvalue weighted by Gasteiger charge is 2.41. The van der Waals surface area contributed by atoms with E-state index in [9.17, 15) is 19.2 Å². The number of imide groups is 1. The second-order valence-electron chi connectivity index (χ2n) is 6.10. The molecule has 1 fully saturated rings. The lowest BCUT2D eigenvalue weighted by Crippen LogP contribution is -2.42. The summed E-state index contributed by atoms with van der Waals surface area (Å²) in [6.07, 6.45) is 1.51. The Hall–Kier alpha value is -2.53. The molecule has 1 aromatic rings. The minimum Gasteiger partial charge on any atom is -0.490 e. The Balaban J connectivity index is 2.32. The van der Waals surface area contributed by atoms with E-state index >= 15 is 0 Å². The van der Waals surface area contributed by atoms with Gasteiger partial charge in [0.2, 0.25) is 0 Å². The predicted octanol–water partition coefficient (Wildman–Crippen LogP) is 3.39. The van der Waals surface area contributed by atoms with Crippen molar-refractivity contribution in [3.05, 3.63) is 27.1 Å². The van der Waals surface area contributed by atoms with Crippen LogP contribution >= 0.6 is 27.7 Å². The summed E-state index contributed by atoms with van der Waals surface area (Å²) in [5, 5.41) is -0.559. The minimum atomic E-state index is -1.03. The molecule has 2 rings (SSSR count). The summed E-state index contributed by atoms with van der Waals surface area (Å²) >= 11 is 4.12. The van der Waals surface area contributed by atoms with Gasteiger partial charge in [0.05, 0.1) is 25.2 Å². The fraction of sp³-hybridized carbons (Fsp3) is 0.400. The highest BCUT2D eigenvalue weighted by Crippen LogP contribution is 2.38. The molecule has 0 aliphatic carbocycles. The van der Waals surface area contributed by atoms with Crippen molar-refractivity contribution in [2.45, 2.75) is 26.8 Å². The molecule has 9 nitrogen and oxygen atoms in total. The van der Waals surface area contributed by atoms with Gasteiger partial charge in [-0.05, 0) is 56.3 Å². The number of carbonyl (C=O) groups excluding carboxylic acids is 4. The highest BCUT2D eigenvalue weighted by molar-refractivity contribution is 9.10. The van der Waals surface area contributed by atoms with Crippen molar-refractivity contribution in [1.82, 2.24) is 4.90 Å². The molecule has 11 heteroatoms. The van der Waals surface area contributed by atoms with Crippen LogP contribution in [0.1, 0.15) is 26.3 Å². The second kappa shape index (κ2) is 11.2. The van der Waals surface area contributed by atoms with Gasteiger partial charge in [0, 0.05) is 4.47 Å². The van der Waals surface area contributed by atoms with E-state index < -0.39 is 29.1 Å². The van der Waals surface area contributed by atoms with Crippen molar-refractivity contribution in [2.75, 3.05) is 26.9 Å². The second-order valence-corrected chi connectivity index (χ2v) is 7.95. The van der Waals surface area contributed by atoms with Crippen LogP contribution in [0.5, 0.6) is 11.5 Å². The number of ether oxygens (including phenoxy) is 4. The largest absolute Gasteiger partial charge is 0.490 e. The van der Waals surface area contributed by atoms with Gasteiger partial charge in [-0.2, -0.15) is 0 Å². The van der Waals surface area contributed by atoms with Crippen LogP contribution < -0.4 is 9.47 Å². The molecular weight excluding hydrogens is 494 g/mol. The Morgan fingerprint density at radius 2 is 1.84 bits per heavy atom. The highest BCUT2D eigenvalue weighted by atomic mass is 79.9. The van der Waals surface area contributed by atoms with E-state index in [4.69, 9.17) is 14.2 Å². The van der Waals surface area contributed by atoms with Gasteiger partial charge < -0.3 is 18.9 Å². The molecule has 0 aromatic heterocycles. The first kappa shape index (κ1) is 24.7. The van der Waals surface area contributed by atoms with Crippen LogP contribution in [0.25, 0.3) is 6.08 Å². The molecule has 1 saturated heterocycles. The average Bonchev–Trinajstić information content (AvgIpc) is 3.01. The zero-order valence-corrected chi connectivity index (χ0v) is 19.8. The number of carbonyl (C=O) groups is 4. The number of amides is 2. The molecule has 0 unspecified atom stereocenters. The van der Waals surface area contributed by atoms with E-state index in [-0.39, 0.29) is 18.1 Å². The number of methoxy groups -OCH3 is 1. The van der Waals surface area contributed by atoms with Gasteiger partial charge >= 0.3 is 11.9 Å². The van der Waals surface area contributed by atoms with Crippen LogP contribution in [-0.4, -0.2) is 61.0 Å². The van der Waals surface area contributed by atoms with E-state index in [2.05, 4.69) is 20.7 Å². The van der Waals surface area contributed by atoms with Gasteiger partial charge in [-0.3, -0.25) is 14.5 Å². The molecule has 168 valence electrons. The molecule has 0 N–H and O–H groups in total. The molecule has 1 atom stereocenters. The first-order chi connectivity index (χ1) is 14.7. The lowest BCUT2D eigenvalue weighted by Gasteiger charge is -2.19. The molecule has 1 heterocycles. The number of hydrogen-bond acceptors (Lipinski definition) is 9. The summed E-state index contributed by atoms with van der Waals surface area (Å²) in [5.41, 5.74) is 0.545. The number of esters is 2. The maximum Gasteiger partial charge on any atom is 0.343 e. The summed E-state index contributed by atoms with van der Waals surface area (Å²) in [6, 6.07) is 2.17. The van der Waals surface area contributed by atoms with Gasteiger partial charge in [0.25, 0.3) is 11.1 Å². The summed E-state index contributed by atoms with van der Waals surface area (Å²) in [6.45, 7) is 5.05. The molecule has 31 heavy (non-hydrogen) atoms. The molecule has 0 radical (unpaired) electrons. The van der Waals surface area contributed by atoms with Crippen LogP contribution in [0.3, 0.4) is 0 Å². The normalized spacial score (nSPS) is 15.8. The van der Waals surface area contributed by atoms with Gasteiger partial charge in [-0.25, -0.2) is 9.59 Å². The van der Waals surface area contributed by atoms with Crippen molar-refractivity contribution in [2.24, 2.45) is 0 Å². The Morgan fingerprint density at radius 3 is 2.45 bits per heavy atom. The molecule has 1 aliphatic rings. The fourth-order valence-corrected chi connectivity index (χ4v) is 3.90. The molecule has 1 aromatic carbocycles. The zero-order valence-electron chi connectivity index (χ0n) is 17.4. The third-order valence-electron chi connectivity index (χ3n) is 4.06. The van der Waals surface area contributed by atoms with E-state index in [1.807, 2.05) is 0 Å². The number of benzene rings is 1. The number of nitrogens with zero attached hydrogens (tertiary/aromatic N) is 1. The number of thioether (sulfide) groups is 1. The van der Waals surface area contributed by atoms with Crippen LogP contribution in [0, 0.1) is 0 Å². The van der Waals surface area contributed by atoms with E-state index in [0.29, 0.717) is 28.1 Å². The monoisotopic (exact) mass is 515 g/mol. The van der Waals surface area contributed by atoms with Crippen LogP contribution in [0.2, 0.25) is 0 Å². The van der Waals surface area contributed by atoms with E-state index in [0.717, 1.165) is 16.7 Å². The first-order valence-electron chi connectivity index (χ1n) is 9.33. The van der Waals surface area contributed by atoms with Crippen molar-refractivity contribution in [3.63, 3.8) is 0 Å². The van der Waals surface area contributed by atoms with Crippen molar-refractivity contribution < 1.29 is 38.1 Å². The Morgan fingerprint density at radius 1 is 1.16 bits per heavy atom. The average molecular weight is 516 g/mol. The predicted molar refractivity (Wildman–Crippen MR) is 117 cm³/mol. The van der Waals surface area contributed by atoms with Crippen molar-refractivity contribution in [1.29, 1.82) is 0 Å². The van der Waals surface area contributed by atoms with Gasteiger partial charge in [-0.1, -0.05) is 15.9 Å². The Kier molecular flexibility index (Phi) is 8.93. The van der Waals surface area contributed by atoms with Crippen LogP contribution in [0.15, 0.2) is 21.5 Å². The third-order valence-corrected chi connectivity index (χ3v) is 5.63. The quantitative estimate of drug-likeness (QED) is 0.361. The van der Waals surface area contributed by atoms with E-state index in [1.54, 1.807) is 26.0 Å². The fourth-order valence-electron chi connectivity index (χ4n) is 2.56. The van der Waals surface area contributed by atoms with E-state index in [1.165, 1.54) is 20.1 Å². The molecule has 1 aliphatic heterocycles. The molecule has 0 spiro atoms. The lowest BCUT2D eigenvalue weighted by molar-refractivity contribution is -0.150. The summed E-state index contributed by atoms with van der Waals surface area (Å²) in [4.78, 5) is 49.4. The van der Waals surface area contributed by atoms with Crippen LogP contribution in [0.4, 0.5) is 4.79 Å². The summed E-state index contributed by atoms with van der Waals surface area (Å²) < 4.78 is 21.0. The van der Waals surface area contributed by atoms with Gasteiger partial charge in [0.15, 0.2) is 18.1 Å². The standard InChI is InChI=1S/C20H22BrNO8S/c1-5-28-14-7-12(13(21)9-15(14)30-10-17(23)27-4)8-16-18(24)22(20(26)31-16)11(3)19(25)29-6-2/h7-9,11H,5-6,10H2,1-4H3/b16-8+/t11-/m1/s1. The topological polar surface area (TPSA) is 108 Å². The maximum absolute atomic E-state index is 12.8. The Bertz CT molecular complexity index is 917. The van der Waals surface area contributed by atoms with Gasteiger partial charge in [-0.15, -0.1) is 0 Å². The summed E-state index contributed by atoms with van der Waals surface area (Å²) in [5.74, 6) is -1.14. The lowest BCUT2D eigenvalue weighted by atomic mass is 10.1. The first-order valence-corrected chi connectivity index (χ1v) is 10.9. The molecule has 2 amide bonds. The number of rotatable bonds is 9. The maximum atomic E-state index is 12.8. The van der Waals surface area contributed by atoms with Crippen molar-refractivity contribution in [3.8, 4) is 11.5 Å². The minimum absolute atomic E-state index is 0.146. The van der Waals surface area contributed by atoms with Crippen molar-refractivity contribution >= 4 is 56.9 Å². The molecule has 0 saturated carbocycles. The van der Waals surface area contributed by atoms with Gasteiger partial charge in [0.1, 0.15) is 6.04 Å².